The van der Waals surface area contributed by atoms with E-state index < -0.39 is 9.84 Å². The second-order valence-electron chi connectivity index (χ2n) is 6.74. The second kappa shape index (κ2) is 6.61. The molecule has 1 N–H and O–H groups in total. The second-order valence-corrected chi connectivity index (χ2v) is 9.05. The minimum atomic E-state index is -2.84. The van der Waals surface area contributed by atoms with E-state index in [1.54, 1.807) is 0 Å². The van der Waals surface area contributed by atoms with Crippen LogP contribution in [0.1, 0.15) is 24.0 Å². The number of benzene rings is 1. The van der Waals surface area contributed by atoms with E-state index >= 15 is 0 Å². The van der Waals surface area contributed by atoms with Crippen LogP contribution < -0.4 is 5.32 Å². The quantitative estimate of drug-likeness (QED) is 0.894. The largest absolute Gasteiger partial charge is 0.354 e. The number of nitrogens with zero attached hydrogens (tertiary/aromatic N) is 1. The van der Waals surface area contributed by atoms with E-state index in [2.05, 4.69) is 22.3 Å². The number of carbonyl (C=O) groups excluding carboxylic acids is 1. The van der Waals surface area contributed by atoms with Gasteiger partial charge in [0.05, 0.1) is 17.5 Å². The Balaban J connectivity index is 1.55. The maximum absolute atomic E-state index is 12.5. The monoisotopic (exact) mass is 336 g/mol. The van der Waals surface area contributed by atoms with Crippen molar-refractivity contribution in [3.8, 4) is 0 Å². The molecule has 1 aromatic carbocycles. The summed E-state index contributed by atoms with van der Waals surface area (Å²) in [6.07, 6.45) is 2.05. The average Bonchev–Trinajstić information content (AvgIpc) is 2.53. The van der Waals surface area contributed by atoms with Crippen molar-refractivity contribution < 1.29 is 13.2 Å². The molecule has 2 aliphatic rings. The molecule has 0 aliphatic carbocycles. The summed E-state index contributed by atoms with van der Waals surface area (Å²) in [5.41, 5.74) is 2.53. The third-order valence-electron chi connectivity index (χ3n) is 5.03. The summed E-state index contributed by atoms with van der Waals surface area (Å²) in [6, 6.07) is 8.11. The van der Waals surface area contributed by atoms with E-state index in [-0.39, 0.29) is 29.4 Å². The van der Waals surface area contributed by atoms with Crippen LogP contribution in [-0.4, -0.2) is 50.4 Å². The van der Waals surface area contributed by atoms with Gasteiger partial charge in [0.15, 0.2) is 0 Å². The number of hydrogen-bond donors (Lipinski definition) is 1. The highest BCUT2D eigenvalue weighted by atomic mass is 32.2. The Bertz CT molecular complexity index is 673. The van der Waals surface area contributed by atoms with Gasteiger partial charge in [-0.25, -0.2) is 8.42 Å². The zero-order valence-corrected chi connectivity index (χ0v) is 14.3. The fourth-order valence-corrected chi connectivity index (χ4v) is 5.04. The highest BCUT2D eigenvalue weighted by Crippen LogP contribution is 2.22. The lowest BCUT2D eigenvalue weighted by atomic mass is 9.94. The Morgan fingerprint density at radius 2 is 1.87 bits per heavy atom. The molecule has 1 atom stereocenters. The molecule has 2 aliphatic heterocycles. The van der Waals surface area contributed by atoms with Crippen molar-refractivity contribution in [2.45, 2.75) is 31.8 Å². The van der Waals surface area contributed by atoms with Gasteiger partial charge in [0.2, 0.25) is 5.91 Å². The first-order chi connectivity index (χ1) is 10.9. The molecule has 1 saturated heterocycles. The van der Waals surface area contributed by atoms with Gasteiger partial charge in [-0.05, 0) is 43.4 Å². The van der Waals surface area contributed by atoms with Crippen molar-refractivity contribution in [2.75, 3.05) is 25.1 Å². The summed E-state index contributed by atoms with van der Waals surface area (Å²) in [5.74, 6) is 0.841. The summed E-state index contributed by atoms with van der Waals surface area (Å²) in [6.45, 7) is 1.37. The molecule has 5 nitrogen and oxygen atoms in total. The van der Waals surface area contributed by atoms with Crippen LogP contribution in [0.3, 0.4) is 0 Å². The van der Waals surface area contributed by atoms with E-state index in [1.807, 2.05) is 19.2 Å². The number of sulfone groups is 1. The molecule has 1 fully saturated rings. The molecule has 1 amide bonds. The minimum absolute atomic E-state index is 0.0513. The third kappa shape index (κ3) is 3.93. The number of likely N-dealkylation sites (N-methyl/N-ethyl adjacent to an activating group) is 1. The first kappa shape index (κ1) is 16.5. The molecule has 1 aromatic rings. The van der Waals surface area contributed by atoms with Crippen LogP contribution in [0.5, 0.6) is 0 Å². The maximum Gasteiger partial charge on any atom is 0.237 e. The van der Waals surface area contributed by atoms with E-state index in [0.29, 0.717) is 19.4 Å². The number of hydrogen-bond acceptors (Lipinski definition) is 4. The van der Waals surface area contributed by atoms with Crippen molar-refractivity contribution in [3.63, 3.8) is 0 Å². The molecule has 6 heteroatoms. The summed E-state index contributed by atoms with van der Waals surface area (Å²) in [5, 5.41) is 3.04. The zero-order valence-electron chi connectivity index (χ0n) is 13.5. The summed E-state index contributed by atoms with van der Waals surface area (Å²) in [7, 11) is -0.858. The van der Waals surface area contributed by atoms with Gasteiger partial charge in [-0.15, -0.1) is 0 Å². The molecule has 0 aromatic heterocycles. The number of carbonyl (C=O) groups is 1. The van der Waals surface area contributed by atoms with Crippen LogP contribution in [0.25, 0.3) is 0 Å². The SMILES string of the molecule is CN1Cc2ccccc2C[C@@H]1C(=O)NCC1CCS(=O)(=O)CC1. The highest BCUT2D eigenvalue weighted by molar-refractivity contribution is 7.91. The molecule has 2 heterocycles. The van der Waals surface area contributed by atoms with Crippen molar-refractivity contribution in [2.24, 2.45) is 5.92 Å². The van der Waals surface area contributed by atoms with Gasteiger partial charge < -0.3 is 5.32 Å². The van der Waals surface area contributed by atoms with Crippen LogP contribution >= 0.6 is 0 Å². The molecule has 3 rings (SSSR count). The van der Waals surface area contributed by atoms with Gasteiger partial charge in [0, 0.05) is 13.1 Å². The molecule has 23 heavy (non-hydrogen) atoms. The van der Waals surface area contributed by atoms with Gasteiger partial charge in [0.25, 0.3) is 0 Å². The summed E-state index contributed by atoms with van der Waals surface area (Å²) < 4.78 is 22.9. The van der Waals surface area contributed by atoms with Crippen molar-refractivity contribution in [1.82, 2.24) is 10.2 Å². The fraction of sp³-hybridized carbons (Fsp3) is 0.588. The van der Waals surface area contributed by atoms with Gasteiger partial charge in [0.1, 0.15) is 9.84 Å². The lowest BCUT2D eigenvalue weighted by molar-refractivity contribution is -0.126. The van der Waals surface area contributed by atoms with Crippen LogP contribution in [0, 0.1) is 5.92 Å². The van der Waals surface area contributed by atoms with Gasteiger partial charge >= 0.3 is 0 Å². The van der Waals surface area contributed by atoms with Crippen LogP contribution in [0.4, 0.5) is 0 Å². The standard InChI is InChI=1S/C17H24N2O3S/c1-19-12-15-5-3-2-4-14(15)10-16(19)17(20)18-11-13-6-8-23(21,22)9-7-13/h2-5,13,16H,6-12H2,1H3,(H,18,20)/t16-/m1/s1. The molecule has 0 saturated carbocycles. The smallest absolute Gasteiger partial charge is 0.237 e. The molecule has 126 valence electrons. The number of fused-ring (bicyclic) bond motifs is 1. The van der Waals surface area contributed by atoms with E-state index in [9.17, 15) is 13.2 Å². The van der Waals surface area contributed by atoms with Gasteiger partial charge in [-0.1, -0.05) is 24.3 Å². The molecule has 0 radical (unpaired) electrons. The Morgan fingerprint density at radius 3 is 2.57 bits per heavy atom. The van der Waals surface area contributed by atoms with Crippen molar-refractivity contribution in [1.29, 1.82) is 0 Å². The lowest BCUT2D eigenvalue weighted by Gasteiger charge is -2.33. The Kier molecular flexibility index (Phi) is 4.73. The fourth-order valence-electron chi connectivity index (χ4n) is 3.45. The van der Waals surface area contributed by atoms with Crippen molar-refractivity contribution in [3.05, 3.63) is 35.4 Å². The van der Waals surface area contributed by atoms with Gasteiger partial charge in [-0.2, -0.15) is 0 Å². The molecular formula is C17H24N2O3S. The van der Waals surface area contributed by atoms with Crippen LogP contribution in [0.15, 0.2) is 24.3 Å². The molecule has 0 bridgehead atoms. The Labute approximate surface area is 138 Å². The molecule has 0 spiro atoms. The van der Waals surface area contributed by atoms with E-state index in [0.717, 1.165) is 13.0 Å². The third-order valence-corrected chi connectivity index (χ3v) is 6.74. The first-order valence-electron chi connectivity index (χ1n) is 8.20. The molecule has 0 unspecified atom stereocenters. The number of nitrogens with one attached hydrogen (secondary N) is 1. The van der Waals surface area contributed by atoms with Gasteiger partial charge in [-0.3, -0.25) is 9.69 Å². The Hall–Kier alpha value is -1.40. The van der Waals surface area contributed by atoms with Crippen LogP contribution in [0.2, 0.25) is 0 Å². The minimum Gasteiger partial charge on any atom is -0.354 e. The van der Waals surface area contributed by atoms with Crippen molar-refractivity contribution >= 4 is 15.7 Å². The maximum atomic E-state index is 12.5. The number of amides is 1. The normalized spacial score (nSPS) is 24.8. The highest BCUT2D eigenvalue weighted by Gasteiger charge is 2.30. The molecular weight excluding hydrogens is 312 g/mol. The zero-order chi connectivity index (χ0) is 16.4. The first-order valence-corrected chi connectivity index (χ1v) is 10.0. The average molecular weight is 336 g/mol. The lowest BCUT2D eigenvalue weighted by Crippen LogP contribution is -2.49. The topological polar surface area (TPSA) is 66.5 Å². The predicted octanol–water partition coefficient (Wildman–Crippen LogP) is 0.984. The Morgan fingerprint density at radius 1 is 1.22 bits per heavy atom. The summed E-state index contributed by atoms with van der Waals surface area (Å²) in [4.78, 5) is 14.6. The van der Waals surface area contributed by atoms with E-state index in [4.69, 9.17) is 0 Å². The summed E-state index contributed by atoms with van der Waals surface area (Å²) >= 11 is 0. The van der Waals surface area contributed by atoms with E-state index in [1.165, 1.54) is 11.1 Å². The number of rotatable bonds is 3. The predicted molar refractivity (Wildman–Crippen MR) is 89.8 cm³/mol. The van der Waals surface area contributed by atoms with Crippen LogP contribution in [-0.2, 0) is 27.6 Å².